The van der Waals surface area contributed by atoms with Crippen molar-refractivity contribution in [3.63, 3.8) is 0 Å². The molecule has 0 atom stereocenters. The minimum Gasteiger partial charge on any atom is -0.443 e. The Morgan fingerprint density at radius 3 is 2.32 bits per heavy atom. The van der Waals surface area contributed by atoms with Crippen molar-refractivity contribution in [2.24, 2.45) is 0 Å². The summed E-state index contributed by atoms with van der Waals surface area (Å²) in [6, 6.07) is 24.1. The lowest BCUT2D eigenvalue weighted by Gasteiger charge is -2.19. The third-order valence-electron chi connectivity index (χ3n) is 7.18. The molecule has 0 spiro atoms. The lowest BCUT2D eigenvalue weighted by atomic mass is 9.99. The van der Waals surface area contributed by atoms with Gasteiger partial charge in [-0.15, -0.1) is 0 Å². The average Bonchev–Trinajstić information content (AvgIpc) is 3.34. The van der Waals surface area contributed by atoms with Gasteiger partial charge in [0.1, 0.15) is 5.60 Å². The number of pyridine rings is 1. The fourth-order valence-electron chi connectivity index (χ4n) is 5.13. The van der Waals surface area contributed by atoms with Crippen molar-refractivity contribution in [3.8, 4) is 22.4 Å². The molecular weight excluding hydrogens is 510 g/mol. The third-order valence-corrected chi connectivity index (χ3v) is 7.18. The number of ether oxygens (including phenoxy) is 1. The van der Waals surface area contributed by atoms with Crippen LogP contribution in [0.3, 0.4) is 0 Å². The van der Waals surface area contributed by atoms with Crippen LogP contribution >= 0.6 is 0 Å². The van der Waals surface area contributed by atoms with E-state index in [4.69, 9.17) is 11.3 Å². The normalized spacial score (nSPS) is 11.4. The zero-order chi connectivity index (χ0) is 29.5. The first-order valence-electron chi connectivity index (χ1n) is 13.6. The first-order chi connectivity index (χ1) is 19.4. The lowest BCUT2D eigenvalue weighted by Crippen LogP contribution is -2.26. The van der Waals surface area contributed by atoms with Gasteiger partial charge in [0.25, 0.3) is 11.2 Å². The number of aryl methyl sites for hydroxylation is 3. The lowest BCUT2D eigenvalue weighted by molar-refractivity contribution is 0.0544. The maximum Gasteiger partial charge on any atom is 0.418 e. The molecule has 2 aromatic heterocycles. The van der Waals surface area contributed by atoms with E-state index in [1.165, 1.54) is 4.57 Å². The van der Waals surface area contributed by atoms with Crippen LogP contribution in [0.2, 0.25) is 0 Å². The van der Waals surface area contributed by atoms with Crippen LogP contribution in [0.25, 0.3) is 38.1 Å². The maximum atomic E-state index is 13.6. The van der Waals surface area contributed by atoms with Gasteiger partial charge in [0.15, 0.2) is 0 Å². The van der Waals surface area contributed by atoms with Gasteiger partial charge in [0, 0.05) is 17.3 Å². The molecule has 0 aliphatic rings. The van der Waals surface area contributed by atoms with Gasteiger partial charge in [-0.1, -0.05) is 48.0 Å². The topological polar surface area (TPSA) is 57.6 Å². The number of hydrogen-bond donors (Lipinski definition) is 0. The molecular formula is C35H33N3O3. The summed E-state index contributed by atoms with van der Waals surface area (Å²) in [7, 11) is 0. The summed E-state index contributed by atoms with van der Waals surface area (Å²) < 4.78 is 8.78. The summed E-state index contributed by atoms with van der Waals surface area (Å²) in [6.07, 6.45) is 1.31. The van der Waals surface area contributed by atoms with E-state index in [1.54, 1.807) is 10.8 Å². The first kappa shape index (κ1) is 27.7. The van der Waals surface area contributed by atoms with Crippen LogP contribution in [0.15, 0.2) is 83.8 Å². The Kier molecular flexibility index (Phi) is 7.15. The Morgan fingerprint density at radius 2 is 1.61 bits per heavy atom. The number of hydrogen-bond acceptors (Lipinski definition) is 3. The van der Waals surface area contributed by atoms with E-state index in [9.17, 15) is 9.59 Å². The van der Waals surface area contributed by atoms with E-state index < -0.39 is 11.7 Å². The summed E-state index contributed by atoms with van der Waals surface area (Å²) in [4.78, 5) is 29.8. The maximum absolute atomic E-state index is 13.6. The highest BCUT2D eigenvalue weighted by Crippen LogP contribution is 2.31. The number of rotatable bonds is 4. The largest absolute Gasteiger partial charge is 0.443 e. The van der Waals surface area contributed by atoms with Crippen molar-refractivity contribution in [2.75, 3.05) is 0 Å². The molecule has 2 heterocycles. The number of fused-ring (bicyclic) bond motifs is 1. The van der Waals surface area contributed by atoms with Crippen molar-refractivity contribution in [1.29, 1.82) is 0 Å². The Bertz CT molecular complexity index is 1910. The van der Waals surface area contributed by atoms with Gasteiger partial charge in [-0.2, -0.15) is 0 Å². The van der Waals surface area contributed by atoms with E-state index >= 15 is 0 Å². The second kappa shape index (κ2) is 10.6. The molecule has 0 aliphatic carbocycles. The molecule has 206 valence electrons. The van der Waals surface area contributed by atoms with Crippen molar-refractivity contribution >= 4 is 22.7 Å². The number of carbonyl (C=O) groups is 1. The van der Waals surface area contributed by atoms with Crippen molar-refractivity contribution < 1.29 is 9.53 Å². The van der Waals surface area contributed by atoms with Gasteiger partial charge in [-0.05, 0) is 105 Å². The minimum absolute atomic E-state index is 0.148. The Morgan fingerprint density at radius 1 is 0.878 bits per heavy atom. The van der Waals surface area contributed by atoms with Crippen molar-refractivity contribution in [3.05, 3.63) is 123 Å². The number of aromatic nitrogens is 2. The second-order valence-corrected chi connectivity index (χ2v) is 11.5. The zero-order valence-corrected chi connectivity index (χ0v) is 24.3. The molecule has 41 heavy (non-hydrogen) atoms. The van der Waals surface area contributed by atoms with Crippen LogP contribution in [-0.4, -0.2) is 20.8 Å². The van der Waals surface area contributed by atoms with E-state index in [0.29, 0.717) is 12.1 Å². The number of carbonyl (C=O) groups excluding carboxylic acids is 1. The van der Waals surface area contributed by atoms with Crippen LogP contribution in [-0.2, 0) is 11.3 Å². The van der Waals surface area contributed by atoms with Crippen LogP contribution in [0.4, 0.5) is 10.5 Å². The predicted molar refractivity (Wildman–Crippen MR) is 165 cm³/mol. The van der Waals surface area contributed by atoms with E-state index in [1.807, 2.05) is 102 Å². The quantitative estimate of drug-likeness (QED) is 0.214. The molecule has 0 fully saturated rings. The summed E-state index contributed by atoms with van der Waals surface area (Å²) in [5, 5.41) is 0.919. The zero-order valence-electron chi connectivity index (χ0n) is 24.3. The van der Waals surface area contributed by atoms with Crippen LogP contribution in [0.5, 0.6) is 0 Å². The molecule has 6 heteroatoms. The monoisotopic (exact) mass is 543 g/mol. The van der Waals surface area contributed by atoms with E-state index in [2.05, 4.69) is 17.0 Å². The average molecular weight is 544 g/mol. The standard InChI is InChI=1S/C35H33N3O3/c1-22-11-12-29(23(2)17-22)21-38-31(18-24(3)32(36-7)33(38)39)27-10-8-9-25(19-27)26-13-14-30-28(20-26)15-16-37(30)34(40)41-35(4,5)6/h8-20H,21H2,1-6H3. The van der Waals surface area contributed by atoms with Gasteiger partial charge in [0.05, 0.1) is 18.6 Å². The number of benzene rings is 3. The summed E-state index contributed by atoms with van der Waals surface area (Å²) in [5.41, 5.74) is 7.62. The number of nitrogens with zero attached hydrogens (tertiary/aromatic N) is 3. The molecule has 6 nitrogen and oxygen atoms in total. The van der Waals surface area contributed by atoms with Crippen molar-refractivity contribution in [1.82, 2.24) is 9.13 Å². The SMILES string of the molecule is [C-]#[N+]c1c(C)cc(-c2cccc(-c3ccc4c(ccn4C(=O)OC(C)(C)C)c3)c2)n(Cc2ccc(C)cc2C)c1=O. The van der Waals surface area contributed by atoms with Gasteiger partial charge < -0.3 is 9.30 Å². The third kappa shape index (κ3) is 5.57. The summed E-state index contributed by atoms with van der Waals surface area (Å²) in [6.45, 7) is 19.4. The molecule has 3 aromatic carbocycles. The fraction of sp³-hybridized carbons (Fsp3) is 0.229. The smallest absolute Gasteiger partial charge is 0.418 e. The summed E-state index contributed by atoms with van der Waals surface area (Å²) in [5.74, 6) is 0. The van der Waals surface area contributed by atoms with E-state index in [-0.39, 0.29) is 11.2 Å². The van der Waals surface area contributed by atoms with Gasteiger partial charge in [0.2, 0.25) is 0 Å². The Labute approximate surface area is 240 Å². The van der Waals surface area contributed by atoms with E-state index in [0.717, 1.165) is 50.0 Å². The van der Waals surface area contributed by atoms with Crippen LogP contribution < -0.4 is 5.56 Å². The van der Waals surface area contributed by atoms with Gasteiger partial charge in [-0.3, -0.25) is 9.36 Å². The van der Waals surface area contributed by atoms with Crippen LogP contribution in [0.1, 0.15) is 43.0 Å². The first-order valence-corrected chi connectivity index (χ1v) is 13.6. The van der Waals surface area contributed by atoms with Gasteiger partial charge in [-0.25, -0.2) is 9.64 Å². The molecule has 0 amide bonds. The second-order valence-electron chi connectivity index (χ2n) is 11.5. The molecule has 0 bridgehead atoms. The summed E-state index contributed by atoms with van der Waals surface area (Å²) >= 11 is 0. The van der Waals surface area contributed by atoms with Crippen molar-refractivity contribution in [2.45, 2.75) is 53.7 Å². The Hall–Kier alpha value is -4.89. The van der Waals surface area contributed by atoms with Gasteiger partial charge >= 0.3 is 6.09 Å². The molecule has 0 saturated heterocycles. The molecule has 0 N–H and O–H groups in total. The highest BCUT2D eigenvalue weighted by atomic mass is 16.6. The molecule has 0 radical (unpaired) electrons. The fourth-order valence-corrected chi connectivity index (χ4v) is 5.13. The molecule has 5 rings (SSSR count). The minimum atomic E-state index is -0.585. The molecule has 0 unspecified atom stereocenters. The predicted octanol–water partition coefficient (Wildman–Crippen LogP) is 8.44. The molecule has 0 saturated carbocycles. The Balaban J connectivity index is 1.57. The van der Waals surface area contributed by atoms with Crippen LogP contribution in [0, 0.1) is 27.3 Å². The molecule has 0 aliphatic heterocycles. The molecule has 5 aromatic rings. The highest BCUT2D eigenvalue weighted by molar-refractivity contribution is 5.92. The highest BCUT2D eigenvalue weighted by Gasteiger charge is 2.20.